The zero-order chi connectivity index (χ0) is 10.7. The summed E-state index contributed by atoms with van der Waals surface area (Å²) < 4.78 is 17.6. The highest BCUT2D eigenvalue weighted by atomic mass is 32.2. The number of methoxy groups -OCH3 is 1. The first-order valence-electron chi connectivity index (χ1n) is 6.17. The zero-order valence-corrected chi connectivity index (χ0v) is 10.5. The molecule has 88 valence electrons. The van der Waals surface area contributed by atoms with E-state index in [1.54, 1.807) is 7.11 Å². The number of fused-ring (bicyclic) bond motifs is 1. The van der Waals surface area contributed by atoms with Crippen molar-refractivity contribution in [2.24, 2.45) is 5.92 Å². The molecule has 0 aromatic rings. The molecule has 15 heavy (non-hydrogen) atoms. The average molecular weight is 230 g/mol. The summed E-state index contributed by atoms with van der Waals surface area (Å²) in [5.41, 5.74) is 0. The monoisotopic (exact) mass is 230 g/mol. The van der Waals surface area contributed by atoms with Crippen LogP contribution in [0.5, 0.6) is 0 Å². The lowest BCUT2D eigenvalue weighted by molar-refractivity contribution is 0.189. The lowest BCUT2D eigenvalue weighted by atomic mass is 9.70. The largest absolute Gasteiger partial charge is 0.371 e. The summed E-state index contributed by atoms with van der Waals surface area (Å²) in [5.74, 6) is 1.16. The molecule has 0 aromatic heterocycles. The van der Waals surface area contributed by atoms with Crippen LogP contribution in [-0.2, 0) is 15.5 Å². The van der Waals surface area contributed by atoms with Gasteiger partial charge < -0.3 is 4.74 Å². The Morgan fingerprint density at radius 3 is 2.33 bits per heavy atom. The second-order valence-electron chi connectivity index (χ2n) is 5.01. The molecule has 0 spiro atoms. The van der Waals surface area contributed by atoms with E-state index in [9.17, 15) is 4.21 Å². The molecule has 0 bridgehead atoms. The third-order valence-electron chi connectivity index (χ3n) is 4.23. The molecule has 0 radical (unpaired) electrons. The van der Waals surface area contributed by atoms with E-state index in [-0.39, 0.29) is 4.75 Å². The predicted molar refractivity (Wildman–Crippen MR) is 63.2 cm³/mol. The summed E-state index contributed by atoms with van der Waals surface area (Å²) in [6, 6.07) is 0. The van der Waals surface area contributed by atoms with Crippen LogP contribution in [-0.4, -0.2) is 22.0 Å². The molecule has 0 amide bonds. The molecule has 0 aliphatic heterocycles. The summed E-state index contributed by atoms with van der Waals surface area (Å²) in [6.45, 7) is 0. The number of hydrogen-bond acceptors (Lipinski definition) is 2. The first-order chi connectivity index (χ1) is 7.29. The van der Waals surface area contributed by atoms with Gasteiger partial charge in [-0.2, -0.15) is 0 Å². The van der Waals surface area contributed by atoms with Crippen LogP contribution in [0.4, 0.5) is 0 Å². The van der Waals surface area contributed by atoms with E-state index in [1.807, 2.05) is 0 Å². The van der Waals surface area contributed by atoms with Gasteiger partial charge in [-0.3, -0.25) is 4.21 Å². The summed E-state index contributed by atoms with van der Waals surface area (Å²) in [7, 11) is 0.896. The molecule has 2 aliphatic carbocycles. The molecule has 0 heterocycles. The van der Waals surface area contributed by atoms with Crippen LogP contribution in [0, 0.1) is 5.92 Å². The normalized spacial score (nSPS) is 38.3. The van der Waals surface area contributed by atoms with Crippen molar-refractivity contribution in [2.75, 3.05) is 13.0 Å². The Bertz CT molecular complexity index is 228. The minimum absolute atomic E-state index is 0.131. The topological polar surface area (TPSA) is 26.3 Å². The molecule has 0 saturated heterocycles. The Morgan fingerprint density at radius 1 is 1.20 bits per heavy atom. The summed E-state index contributed by atoms with van der Waals surface area (Å²) >= 11 is 0. The van der Waals surface area contributed by atoms with Gasteiger partial charge in [-0.15, -0.1) is 0 Å². The Kier molecular flexibility index (Phi) is 3.83. The number of rotatable bonds is 3. The van der Waals surface area contributed by atoms with Crippen LogP contribution in [0.15, 0.2) is 0 Å². The van der Waals surface area contributed by atoms with E-state index in [4.69, 9.17) is 4.74 Å². The molecule has 2 rings (SSSR count). The number of hydrogen-bond donors (Lipinski definition) is 0. The van der Waals surface area contributed by atoms with Gasteiger partial charge in [0.1, 0.15) is 5.94 Å². The Labute approximate surface area is 95.2 Å². The Morgan fingerprint density at radius 2 is 1.80 bits per heavy atom. The van der Waals surface area contributed by atoms with Crippen molar-refractivity contribution in [1.29, 1.82) is 0 Å². The lowest BCUT2D eigenvalue weighted by Crippen LogP contribution is -2.47. The van der Waals surface area contributed by atoms with Gasteiger partial charge in [0.2, 0.25) is 0 Å². The predicted octanol–water partition coefficient (Wildman–Crippen LogP) is 2.84. The van der Waals surface area contributed by atoms with Gasteiger partial charge in [0, 0.05) is 7.11 Å². The van der Waals surface area contributed by atoms with E-state index in [0.29, 0.717) is 5.94 Å². The molecule has 0 aromatic carbocycles. The summed E-state index contributed by atoms with van der Waals surface area (Å²) in [5, 5.41) is 0. The van der Waals surface area contributed by atoms with Gasteiger partial charge >= 0.3 is 0 Å². The molecule has 0 N–H and O–H groups in total. The van der Waals surface area contributed by atoms with E-state index in [0.717, 1.165) is 5.92 Å². The molecule has 2 nitrogen and oxygen atoms in total. The second-order valence-corrected chi connectivity index (χ2v) is 6.75. The van der Waals surface area contributed by atoms with Gasteiger partial charge in [-0.25, -0.2) is 0 Å². The van der Waals surface area contributed by atoms with Crippen molar-refractivity contribution in [1.82, 2.24) is 0 Å². The highest BCUT2D eigenvalue weighted by molar-refractivity contribution is 7.86. The fourth-order valence-electron chi connectivity index (χ4n) is 3.47. The van der Waals surface area contributed by atoms with E-state index >= 15 is 0 Å². The van der Waals surface area contributed by atoms with Gasteiger partial charge in [0.15, 0.2) is 0 Å². The third-order valence-corrected chi connectivity index (χ3v) is 6.33. The summed E-state index contributed by atoms with van der Waals surface area (Å²) in [6.07, 6.45) is 10.2. The third kappa shape index (κ3) is 2.14. The maximum absolute atomic E-state index is 12.3. The van der Waals surface area contributed by atoms with Crippen molar-refractivity contribution in [3.05, 3.63) is 0 Å². The van der Waals surface area contributed by atoms with E-state index in [2.05, 4.69) is 0 Å². The SMILES string of the molecule is COCS(=O)C12CCCCC1CCCC2. The first-order valence-corrected chi connectivity index (χ1v) is 7.49. The quantitative estimate of drug-likeness (QED) is 0.745. The molecule has 3 heteroatoms. The highest BCUT2D eigenvalue weighted by Gasteiger charge is 2.46. The Balaban J connectivity index is 2.14. The molecule has 2 aliphatic rings. The standard InChI is InChI=1S/C12H22O2S/c1-14-10-15(13)12-8-4-2-6-11(12)7-3-5-9-12/h11H,2-10H2,1H3. The van der Waals surface area contributed by atoms with Crippen molar-refractivity contribution < 1.29 is 8.95 Å². The maximum atomic E-state index is 12.3. The minimum atomic E-state index is -0.766. The van der Waals surface area contributed by atoms with Crippen molar-refractivity contribution in [2.45, 2.75) is 56.1 Å². The molecule has 1 atom stereocenters. The van der Waals surface area contributed by atoms with Crippen LogP contribution in [0.25, 0.3) is 0 Å². The van der Waals surface area contributed by atoms with Crippen LogP contribution in [0.3, 0.4) is 0 Å². The summed E-state index contributed by atoms with van der Waals surface area (Å²) in [4.78, 5) is 0. The second kappa shape index (κ2) is 4.96. The van der Waals surface area contributed by atoms with Crippen molar-refractivity contribution >= 4 is 10.8 Å². The van der Waals surface area contributed by atoms with Gasteiger partial charge in [0.25, 0.3) is 0 Å². The van der Waals surface area contributed by atoms with E-state index < -0.39 is 10.8 Å². The molecule has 2 fully saturated rings. The van der Waals surface area contributed by atoms with Crippen molar-refractivity contribution in [3.63, 3.8) is 0 Å². The minimum Gasteiger partial charge on any atom is -0.371 e. The Hall–Kier alpha value is 0.110. The smallest absolute Gasteiger partial charge is 0.122 e. The van der Waals surface area contributed by atoms with Crippen LogP contribution in [0.1, 0.15) is 51.4 Å². The fourth-order valence-corrected chi connectivity index (χ4v) is 5.27. The molecular formula is C12H22O2S. The van der Waals surface area contributed by atoms with Crippen LogP contribution < -0.4 is 0 Å². The van der Waals surface area contributed by atoms with Crippen molar-refractivity contribution in [3.8, 4) is 0 Å². The highest BCUT2D eigenvalue weighted by Crippen LogP contribution is 2.47. The van der Waals surface area contributed by atoms with Crippen LogP contribution >= 0.6 is 0 Å². The first kappa shape index (κ1) is 11.6. The van der Waals surface area contributed by atoms with Gasteiger partial charge in [-0.05, 0) is 31.6 Å². The van der Waals surface area contributed by atoms with Gasteiger partial charge in [0.05, 0.1) is 15.5 Å². The lowest BCUT2D eigenvalue weighted by Gasteiger charge is -2.46. The number of ether oxygens (including phenoxy) is 1. The van der Waals surface area contributed by atoms with E-state index in [1.165, 1.54) is 51.4 Å². The average Bonchev–Trinajstić information content (AvgIpc) is 2.29. The van der Waals surface area contributed by atoms with Gasteiger partial charge in [-0.1, -0.05) is 25.7 Å². The maximum Gasteiger partial charge on any atom is 0.122 e. The molecular weight excluding hydrogens is 208 g/mol. The fraction of sp³-hybridized carbons (Fsp3) is 1.00. The van der Waals surface area contributed by atoms with Crippen LogP contribution in [0.2, 0.25) is 0 Å². The molecule has 2 saturated carbocycles. The molecule has 1 unspecified atom stereocenters. The zero-order valence-electron chi connectivity index (χ0n) is 9.67.